The average Bonchev–Trinajstić information content (AvgIpc) is 2.89. The van der Waals surface area contributed by atoms with Gasteiger partial charge in [0, 0.05) is 43.4 Å². The first-order valence-electron chi connectivity index (χ1n) is 7.71. The van der Waals surface area contributed by atoms with Gasteiger partial charge in [0.05, 0.1) is 0 Å². The number of carbonyl (C=O) groups excluding carboxylic acids is 4. The minimum Gasteiger partial charge on any atom is -0.388 e. The fourth-order valence-corrected chi connectivity index (χ4v) is 3.30. The molecule has 0 radical (unpaired) electrons. The number of hydrogen-bond donors (Lipinski definition) is 3. The Kier molecular flexibility index (Phi) is 4.20. The van der Waals surface area contributed by atoms with Crippen molar-refractivity contribution in [2.45, 2.75) is 32.0 Å². The molecule has 0 aromatic heterocycles. The van der Waals surface area contributed by atoms with Crippen molar-refractivity contribution in [3.8, 4) is 0 Å². The zero-order valence-corrected chi connectivity index (χ0v) is 13.2. The predicted molar refractivity (Wildman–Crippen MR) is 84.9 cm³/mol. The number of fused-ring (bicyclic) bond motifs is 1. The van der Waals surface area contributed by atoms with Gasteiger partial charge in [0.25, 0.3) is 5.91 Å². The normalized spacial score (nSPS) is 19.8. The standard InChI is InChI=1S/C16H18N4O4/c1-17-14-9(6-18-8-21)2-3-10-11(14)7-20(16(10)24)12-4-5-13(22)19-15(12)23/h2-3,8,12,17H,4-7H2,1H3,(H,18,21)(H,19,22,23). The van der Waals surface area contributed by atoms with Crippen molar-refractivity contribution in [3.63, 3.8) is 0 Å². The van der Waals surface area contributed by atoms with Crippen LogP contribution in [0, 0.1) is 0 Å². The van der Waals surface area contributed by atoms with Gasteiger partial charge in [-0.25, -0.2) is 0 Å². The molecular formula is C16H18N4O4. The summed E-state index contributed by atoms with van der Waals surface area (Å²) in [4.78, 5) is 48.1. The number of anilines is 1. The maximum absolute atomic E-state index is 12.7. The third kappa shape index (κ3) is 2.60. The van der Waals surface area contributed by atoms with Crippen LogP contribution in [0.15, 0.2) is 12.1 Å². The van der Waals surface area contributed by atoms with Gasteiger partial charge in [-0.3, -0.25) is 24.5 Å². The van der Waals surface area contributed by atoms with E-state index < -0.39 is 11.9 Å². The molecule has 4 amide bonds. The lowest BCUT2D eigenvalue weighted by Crippen LogP contribution is -2.52. The van der Waals surface area contributed by atoms with E-state index in [4.69, 9.17) is 0 Å². The highest BCUT2D eigenvalue weighted by Crippen LogP contribution is 2.34. The van der Waals surface area contributed by atoms with Crippen LogP contribution in [0.25, 0.3) is 0 Å². The third-order valence-corrected chi connectivity index (χ3v) is 4.43. The van der Waals surface area contributed by atoms with Crippen LogP contribution in [-0.2, 0) is 27.5 Å². The Labute approximate surface area is 138 Å². The summed E-state index contributed by atoms with van der Waals surface area (Å²) in [6, 6.07) is 2.86. The molecule has 2 heterocycles. The van der Waals surface area contributed by atoms with Crippen molar-refractivity contribution in [3.05, 3.63) is 28.8 Å². The molecule has 0 saturated carbocycles. The summed E-state index contributed by atoms with van der Waals surface area (Å²) in [7, 11) is 1.75. The molecule has 8 heteroatoms. The summed E-state index contributed by atoms with van der Waals surface area (Å²) in [6.45, 7) is 0.644. The first-order valence-corrected chi connectivity index (χ1v) is 7.71. The minimum absolute atomic E-state index is 0.217. The second-order valence-corrected chi connectivity index (χ2v) is 5.77. The summed E-state index contributed by atoms with van der Waals surface area (Å²) < 4.78 is 0. The highest BCUT2D eigenvalue weighted by Gasteiger charge is 2.40. The molecule has 1 fully saturated rings. The van der Waals surface area contributed by atoms with Crippen molar-refractivity contribution in [1.29, 1.82) is 0 Å². The predicted octanol–water partition coefficient (Wildman–Crippen LogP) is -0.265. The van der Waals surface area contributed by atoms with E-state index in [1.54, 1.807) is 19.2 Å². The second kappa shape index (κ2) is 6.31. The first-order chi connectivity index (χ1) is 11.6. The number of hydrogen-bond acceptors (Lipinski definition) is 5. The molecule has 24 heavy (non-hydrogen) atoms. The second-order valence-electron chi connectivity index (χ2n) is 5.77. The Morgan fingerprint density at radius 3 is 2.79 bits per heavy atom. The fourth-order valence-electron chi connectivity index (χ4n) is 3.30. The van der Waals surface area contributed by atoms with E-state index in [9.17, 15) is 19.2 Å². The van der Waals surface area contributed by atoms with E-state index in [1.807, 2.05) is 0 Å². The van der Waals surface area contributed by atoms with Gasteiger partial charge in [-0.15, -0.1) is 0 Å². The Hall–Kier alpha value is -2.90. The quantitative estimate of drug-likeness (QED) is 0.509. The van der Waals surface area contributed by atoms with Crippen LogP contribution < -0.4 is 16.0 Å². The number of carbonyl (C=O) groups is 4. The topological polar surface area (TPSA) is 108 Å². The molecule has 1 aromatic rings. The fraction of sp³-hybridized carbons (Fsp3) is 0.375. The molecule has 2 aliphatic heterocycles. The highest BCUT2D eigenvalue weighted by atomic mass is 16.2. The first kappa shape index (κ1) is 16.0. The van der Waals surface area contributed by atoms with Gasteiger partial charge in [0.1, 0.15) is 6.04 Å². The lowest BCUT2D eigenvalue weighted by Gasteiger charge is -2.29. The molecule has 0 spiro atoms. The van der Waals surface area contributed by atoms with E-state index in [1.165, 1.54) is 4.90 Å². The zero-order valence-electron chi connectivity index (χ0n) is 13.2. The average molecular weight is 330 g/mol. The molecule has 0 aliphatic carbocycles. The number of nitrogens with zero attached hydrogens (tertiary/aromatic N) is 1. The van der Waals surface area contributed by atoms with Crippen molar-refractivity contribution in [1.82, 2.24) is 15.5 Å². The van der Waals surface area contributed by atoms with E-state index >= 15 is 0 Å². The number of nitrogens with one attached hydrogen (secondary N) is 3. The van der Waals surface area contributed by atoms with Gasteiger partial charge in [0.15, 0.2) is 0 Å². The molecule has 2 aliphatic rings. The molecule has 1 saturated heterocycles. The SMILES string of the molecule is CNc1c(CNC=O)ccc2c1CN(C1CCC(=O)NC1=O)C2=O. The Morgan fingerprint density at radius 2 is 2.12 bits per heavy atom. The number of amides is 4. The van der Waals surface area contributed by atoms with Gasteiger partial charge in [-0.2, -0.15) is 0 Å². The molecule has 3 N–H and O–H groups in total. The highest BCUT2D eigenvalue weighted by molar-refractivity contribution is 6.06. The zero-order chi connectivity index (χ0) is 17.3. The summed E-state index contributed by atoms with van der Waals surface area (Å²) in [5, 5.41) is 7.97. The van der Waals surface area contributed by atoms with Crippen LogP contribution >= 0.6 is 0 Å². The van der Waals surface area contributed by atoms with Gasteiger partial charge < -0.3 is 15.5 Å². The van der Waals surface area contributed by atoms with E-state index in [2.05, 4.69) is 16.0 Å². The van der Waals surface area contributed by atoms with Crippen LogP contribution in [0.5, 0.6) is 0 Å². The molecule has 8 nitrogen and oxygen atoms in total. The van der Waals surface area contributed by atoms with Crippen molar-refractivity contribution < 1.29 is 19.2 Å². The van der Waals surface area contributed by atoms with Gasteiger partial charge in [-0.1, -0.05) is 6.07 Å². The van der Waals surface area contributed by atoms with Crippen LogP contribution in [0.4, 0.5) is 5.69 Å². The van der Waals surface area contributed by atoms with E-state index in [-0.39, 0.29) is 18.2 Å². The summed E-state index contributed by atoms with van der Waals surface area (Å²) in [5.41, 5.74) is 2.99. The van der Waals surface area contributed by atoms with Gasteiger partial charge >= 0.3 is 0 Å². The molecule has 3 rings (SSSR count). The molecule has 1 aromatic carbocycles. The maximum Gasteiger partial charge on any atom is 0.255 e. The minimum atomic E-state index is -0.635. The van der Waals surface area contributed by atoms with Crippen LogP contribution in [0.1, 0.15) is 34.3 Å². The molecule has 1 unspecified atom stereocenters. The summed E-state index contributed by atoms with van der Waals surface area (Å²) in [5.74, 6) is -0.953. The van der Waals surface area contributed by atoms with Crippen LogP contribution in [0.2, 0.25) is 0 Å². The van der Waals surface area contributed by atoms with E-state index in [0.717, 1.165) is 16.8 Å². The molecule has 0 bridgehead atoms. The number of piperidine rings is 1. The Bertz CT molecular complexity index is 731. The largest absolute Gasteiger partial charge is 0.388 e. The molecule has 1 atom stereocenters. The number of imide groups is 1. The monoisotopic (exact) mass is 330 g/mol. The number of benzene rings is 1. The van der Waals surface area contributed by atoms with E-state index in [0.29, 0.717) is 31.5 Å². The molecular weight excluding hydrogens is 312 g/mol. The maximum atomic E-state index is 12.7. The van der Waals surface area contributed by atoms with Gasteiger partial charge in [0.2, 0.25) is 18.2 Å². The van der Waals surface area contributed by atoms with Gasteiger partial charge in [-0.05, 0) is 18.1 Å². The number of rotatable bonds is 5. The Morgan fingerprint density at radius 1 is 1.33 bits per heavy atom. The smallest absolute Gasteiger partial charge is 0.255 e. The summed E-state index contributed by atoms with van der Waals surface area (Å²) in [6.07, 6.45) is 1.18. The molecule has 126 valence electrons. The lowest BCUT2D eigenvalue weighted by molar-refractivity contribution is -0.136. The van der Waals surface area contributed by atoms with Crippen molar-refractivity contribution >= 4 is 29.8 Å². The Balaban J connectivity index is 1.90. The van der Waals surface area contributed by atoms with Crippen LogP contribution in [-0.4, -0.2) is 42.1 Å². The third-order valence-electron chi connectivity index (χ3n) is 4.43. The van der Waals surface area contributed by atoms with Crippen molar-refractivity contribution in [2.75, 3.05) is 12.4 Å². The van der Waals surface area contributed by atoms with Crippen LogP contribution in [0.3, 0.4) is 0 Å². The summed E-state index contributed by atoms with van der Waals surface area (Å²) >= 11 is 0. The lowest BCUT2D eigenvalue weighted by atomic mass is 10.0. The van der Waals surface area contributed by atoms with Crippen molar-refractivity contribution in [2.24, 2.45) is 0 Å².